The number of allylic oxidation sites excluding steroid dienone is 1. The van der Waals surface area contributed by atoms with Crippen LogP contribution in [0.1, 0.15) is 0 Å². The molecule has 0 radical (unpaired) electrons. The summed E-state index contributed by atoms with van der Waals surface area (Å²) in [5.41, 5.74) is 0. The molecule has 44 valence electrons. The van der Waals surface area contributed by atoms with E-state index in [-0.39, 0.29) is 5.76 Å². The predicted octanol–water partition coefficient (Wildman–Crippen LogP) is 1.27. The molecule has 0 unspecified atom stereocenters. The van der Waals surface area contributed by atoms with Gasteiger partial charge >= 0.3 is 0 Å². The predicted molar refractivity (Wildman–Crippen MR) is 35.7 cm³/mol. The fraction of sp³-hybridized carbons (Fsp3) is 0.200. The van der Waals surface area contributed by atoms with E-state index in [4.69, 9.17) is 5.11 Å². The van der Waals surface area contributed by atoms with E-state index in [1.54, 1.807) is 12.3 Å². The van der Waals surface area contributed by atoms with Crippen LogP contribution in [0, 0.1) is 0 Å². The molecular weight excluding hydrogens is 170 g/mol. The molecule has 3 heteroatoms. The Balaban J connectivity index is 2.69. The summed E-state index contributed by atoms with van der Waals surface area (Å²) >= 11 is 3.23. The van der Waals surface area contributed by atoms with Crippen LogP contribution in [0.4, 0.5) is 0 Å². The highest BCUT2D eigenvalue weighted by Gasteiger charge is 1.97. The quantitative estimate of drug-likeness (QED) is 0.582. The van der Waals surface area contributed by atoms with Crippen molar-refractivity contribution in [3.8, 4) is 0 Å². The van der Waals surface area contributed by atoms with E-state index in [2.05, 4.69) is 21.2 Å². The first kappa shape index (κ1) is 5.69. The summed E-state index contributed by atoms with van der Waals surface area (Å²) in [6, 6.07) is 0. The first-order valence-electron chi connectivity index (χ1n) is 2.27. The van der Waals surface area contributed by atoms with Crippen LogP contribution in [0.2, 0.25) is 0 Å². The van der Waals surface area contributed by atoms with Gasteiger partial charge in [-0.2, -0.15) is 0 Å². The summed E-state index contributed by atoms with van der Waals surface area (Å²) < 4.78 is 0.970. The van der Waals surface area contributed by atoms with Gasteiger partial charge in [0.15, 0.2) is 0 Å². The molecule has 0 aromatic rings. The van der Waals surface area contributed by atoms with Gasteiger partial charge in [0.1, 0.15) is 5.76 Å². The molecule has 0 aromatic heterocycles. The number of rotatable bonds is 0. The van der Waals surface area contributed by atoms with Gasteiger partial charge in [-0.25, -0.2) is 0 Å². The monoisotopic (exact) mass is 175 g/mol. The highest BCUT2D eigenvalue weighted by Crippen LogP contribution is 2.09. The zero-order valence-corrected chi connectivity index (χ0v) is 5.77. The SMILES string of the molecule is OC1=CNCC(Br)=C1. The third-order valence-corrected chi connectivity index (χ3v) is 1.33. The molecule has 0 fully saturated rings. The maximum absolute atomic E-state index is 8.77. The van der Waals surface area contributed by atoms with Crippen molar-refractivity contribution in [3.63, 3.8) is 0 Å². The zero-order chi connectivity index (χ0) is 5.98. The van der Waals surface area contributed by atoms with Crippen LogP contribution < -0.4 is 5.32 Å². The number of aliphatic hydroxyl groups excluding tert-OH is 1. The number of nitrogens with one attached hydrogen (secondary N) is 1. The van der Waals surface area contributed by atoms with Crippen LogP contribution in [0.15, 0.2) is 22.5 Å². The van der Waals surface area contributed by atoms with E-state index in [1.165, 1.54) is 0 Å². The third kappa shape index (κ3) is 1.26. The molecule has 0 saturated heterocycles. The van der Waals surface area contributed by atoms with Gasteiger partial charge in [-0.05, 0) is 6.08 Å². The Morgan fingerprint density at radius 1 is 1.75 bits per heavy atom. The summed E-state index contributed by atoms with van der Waals surface area (Å²) in [6.07, 6.45) is 3.22. The third-order valence-electron chi connectivity index (χ3n) is 0.825. The molecule has 0 amide bonds. The van der Waals surface area contributed by atoms with Gasteiger partial charge in [0.05, 0.1) is 0 Å². The lowest BCUT2D eigenvalue weighted by Gasteiger charge is -2.05. The highest BCUT2D eigenvalue weighted by molar-refractivity contribution is 9.11. The zero-order valence-electron chi connectivity index (χ0n) is 4.19. The molecule has 1 aliphatic heterocycles. The second kappa shape index (κ2) is 2.22. The van der Waals surface area contributed by atoms with Crippen molar-refractivity contribution in [1.82, 2.24) is 5.32 Å². The van der Waals surface area contributed by atoms with Crippen molar-refractivity contribution in [2.24, 2.45) is 0 Å². The van der Waals surface area contributed by atoms with E-state index >= 15 is 0 Å². The van der Waals surface area contributed by atoms with Gasteiger partial charge in [0.25, 0.3) is 0 Å². The van der Waals surface area contributed by atoms with Crippen molar-refractivity contribution in [1.29, 1.82) is 0 Å². The minimum atomic E-state index is 0.267. The van der Waals surface area contributed by atoms with E-state index in [1.807, 2.05) is 0 Å². The van der Waals surface area contributed by atoms with Crippen LogP contribution in [-0.4, -0.2) is 11.7 Å². The molecule has 0 saturated carbocycles. The molecule has 1 rings (SSSR count). The van der Waals surface area contributed by atoms with Crippen LogP contribution in [0.3, 0.4) is 0 Å². The average Bonchev–Trinajstić information content (AvgIpc) is 1.64. The van der Waals surface area contributed by atoms with Crippen molar-refractivity contribution < 1.29 is 5.11 Å². The molecule has 1 aliphatic rings. The molecule has 0 aromatic carbocycles. The summed E-state index contributed by atoms with van der Waals surface area (Å²) in [5, 5.41) is 11.6. The van der Waals surface area contributed by atoms with Crippen LogP contribution >= 0.6 is 15.9 Å². The minimum Gasteiger partial charge on any atom is -0.506 e. The maximum atomic E-state index is 8.77. The van der Waals surface area contributed by atoms with E-state index in [0.29, 0.717) is 0 Å². The lowest BCUT2D eigenvalue weighted by atomic mass is 10.4. The molecule has 0 bridgehead atoms. The number of hydrogen-bond donors (Lipinski definition) is 2. The van der Waals surface area contributed by atoms with Gasteiger partial charge in [-0.15, -0.1) is 0 Å². The summed E-state index contributed by atoms with van der Waals surface area (Å²) in [6.45, 7) is 0.768. The molecule has 1 heterocycles. The summed E-state index contributed by atoms with van der Waals surface area (Å²) in [5.74, 6) is 0.267. The first-order chi connectivity index (χ1) is 3.79. The smallest absolute Gasteiger partial charge is 0.132 e. The second-order valence-electron chi connectivity index (χ2n) is 1.54. The standard InChI is InChI=1S/C5H6BrNO/c6-4-1-5(8)3-7-2-4/h1,3,7-8H,2H2. The van der Waals surface area contributed by atoms with Gasteiger partial charge < -0.3 is 10.4 Å². The number of aliphatic hydroxyl groups is 1. The Kier molecular flexibility index (Phi) is 1.58. The second-order valence-corrected chi connectivity index (χ2v) is 2.56. The highest BCUT2D eigenvalue weighted by atomic mass is 79.9. The molecule has 8 heavy (non-hydrogen) atoms. The molecule has 0 aliphatic carbocycles. The Hall–Kier alpha value is -0.440. The molecule has 2 N–H and O–H groups in total. The first-order valence-corrected chi connectivity index (χ1v) is 3.07. The van der Waals surface area contributed by atoms with Gasteiger partial charge in [0.2, 0.25) is 0 Å². The number of hydrogen-bond acceptors (Lipinski definition) is 2. The van der Waals surface area contributed by atoms with Gasteiger partial charge in [-0.1, -0.05) is 15.9 Å². The minimum absolute atomic E-state index is 0.267. The number of halogens is 1. The van der Waals surface area contributed by atoms with Gasteiger partial charge in [-0.3, -0.25) is 0 Å². The fourth-order valence-corrected chi connectivity index (χ4v) is 0.903. The van der Waals surface area contributed by atoms with Crippen molar-refractivity contribution in [2.45, 2.75) is 0 Å². The van der Waals surface area contributed by atoms with Crippen molar-refractivity contribution in [3.05, 3.63) is 22.5 Å². The van der Waals surface area contributed by atoms with Crippen LogP contribution in [0.5, 0.6) is 0 Å². The van der Waals surface area contributed by atoms with Crippen LogP contribution in [-0.2, 0) is 0 Å². The molecular formula is C5H6BrNO. The van der Waals surface area contributed by atoms with Gasteiger partial charge in [0, 0.05) is 17.2 Å². The van der Waals surface area contributed by atoms with E-state index in [0.717, 1.165) is 11.0 Å². The maximum Gasteiger partial charge on any atom is 0.132 e. The Bertz CT molecular complexity index is 151. The normalized spacial score (nSPS) is 18.6. The fourth-order valence-electron chi connectivity index (χ4n) is 0.506. The lowest BCUT2D eigenvalue weighted by Crippen LogP contribution is -2.11. The molecule has 0 spiro atoms. The lowest BCUT2D eigenvalue weighted by molar-refractivity contribution is 0.424. The van der Waals surface area contributed by atoms with E-state index in [9.17, 15) is 0 Å². The topological polar surface area (TPSA) is 32.3 Å². The summed E-state index contributed by atoms with van der Waals surface area (Å²) in [7, 11) is 0. The Morgan fingerprint density at radius 2 is 2.50 bits per heavy atom. The van der Waals surface area contributed by atoms with E-state index < -0.39 is 0 Å². The van der Waals surface area contributed by atoms with Crippen LogP contribution in [0.25, 0.3) is 0 Å². The Morgan fingerprint density at radius 3 is 2.88 bits per heavy atom. The Labute approximate surface area is 56.0 Å². The molecule has 0 atom stereocenters. The molecule has 2 nitrogen and oxygen atoms in total. The summed E-state index contributed by atoms with van der Waals surface area (Å²) in [4.78, 5) is 0. The van der Waals surface area contributed by atoms with Crippen molar-refractivity contribution >= 4 is 15.9 Å². The average molecular weight is 176 g/mol. The number of dihydropyridines is 1. The largest absolute Gasteiger partial charge is 0.506 e. The van der Waals surface area contributed by atoms with Crippen molar-refractivity contribution in [2.75, 3.05) is 6.54 Å².